The number of aliphatic hydroxyl groups excluding tert-OH is 1. The first-order valence-electron chi connectivity index (χ1n) is 8.11. The van der Waals surface area contributed by atoms with Crippen molar-refractivity contribution >= 4 is 0 Å². The topological polar surface area (TPSA) is 20.2 Å². The predicted octanol–water partition coefficient (Wildman–Crippen LogP) is 5.25. The number of hydrogen-bond acceptors (Lipinski definition) is 1. The first kappa shape index (κ1) is 15.6. The second-order valence-corrected chi connectivity index (χ2v) is 7.38. The summed E-state index contributed by atoms with van der Waals surface area (Å²) in [4.78, 5) is 0. The first-order chi connectivity index (χ1) is 9.35. The average Bonchev–Trinajstić information content (AvgIpc) is 2.76. The molecule has 1 fully saturated rings. The molecule has 1 aromatic carbocycles. The normalized spacial score (nSPS) is 19.6. The van der Waals surface area contributed by atoms with E-state index in [0.717, 1.165) is 6.42 Å². The summed E-state index contributed by atoms with van der Waals surface area (Å²) in [6.45, 7) is 11.0. The van der Waals surface area contributed by atoms with Gasteiger partial charge in [-0.3, -0.25) is 0 Å². The lowest BCUT2D eigenvalue weighted by molar-refractivity contribution is 0.0103. The Bertz CT molecular complexity index is 444. The van der Waals surface area contributed by atoms with Gasteiger partial charge in [0, 0.05) is 5.41 Å². The number of aliphatic hydroxyl groups is 1. The second-order valence-electron chi connectivity index (χ2n) is 7.38. The van der Waals surface area contributed by atoms with Crippen LogP contribution in [-0.4, -0.2) is 5.11 Å². The zero-order chi connectivity index (χ0) is 14.9. The Morgan fingerprint density at radius 3 is 2.00 bits per heavy atom. The van der Waals surface area contributed by atoms with Crippen LogP contribution in [0.3, 0.4) is 0 Å². The molecule has 0 bridgehead atoms. The number of aryl methyl sites for hydroxylation is 3. The molecule has 2 rings (SSSR count). The Kier molecular flexibility index (Phi) is 4.59. The van der Waals surface area contributed by atoms with Gasteiger partial charge in [0.05, 0.1) is 6.10 Å². The van der Waals surface area contributed by atoms with Gasteiger partial charge in [0.2, 0.25) is 0 Å². The summed E-state index contributed by atoms with van der Waals surface area (Å²) in [5.74, 6) is 0.647. The minimum Gasteiger partial charge on any atom is -0.388 e. The Balaban J connectivity index is 2.40. The van der Waals surface area contributed by atoms with Crippen LogP contribution < -0.4 is 0 Å². The summed E-state index contributed by atoms with van der Waals surface area (Å²) in [7, 11) is 0. The molecular weight excluding hydrogens is 244 g/mol. The third kappa shape index (κ3) is 2.93. The quantitative estimate of drug-likeness (QED) is 0.795. The van der Waals surface area contributed by atoms with E-state index in [4.69, 9.17) is 0 Å². The molecule has 1 unspecified atom stereocenters. The molecule has 0 aliphatic heterocycles. The third-order valence-electron chi connectivity index (χ3n) is 5.01. The van der Waals surface area contributed by atoms with Crippen LogP contribution in [0.25, 0.3) is 0 Å². The average molecular weight is 274 g/mol. The van der Waals surface area contributed by atoms with Crippen LogP contribution in [0.2, 0.25) is 0 Å². The van der Waals surface area contributed by atoms with Gasteiger partial charge in [-0.1, -0.05) is 44.4 Å². The minimum atomic E-state index is -0.298. The first-order valence-corrected chi connectivity index (χ1v) is 8.11. The number of rotatable bonds is 4. The van der Waals surface area contributed by atoms with E-state index in [0.29, 0.717) is 5.92 Å². The zero-order valence-electron chi connectivity index (χ0n) is 13.8. The molecule has 0 heterocycles. The highest BCUT2D eigenvalue weighted by atomic mass is 16.3. The van der Waals surface area contributed by atoms with E-state index in [9.17, 15) is 5.11 Å². The van der Waals surface area contributed by atoms with Crippen molar-refractivity contribution < 1.29 is 5.11 Å². The Morgan fingerprint density at radius 1 is 1.05 bits per heavy atom. The molecule has 1 aromatic rings. The highest BCUT2D eigenvalue weighted by molar-refractivity contribution is 5.40. The van der Waals surface area contributed by atoms with Crippen molar-refractivity contribution in [2.24, 2.45) is 11.3 Å². The van der Waals surface area contributed by atoms with Gasteiger partial charge in [0.1, 0.15) is 0 Å². The molecule has 0 spiro atoms. The highest BCUT2D eigenvalue weighted by Crippen LogP contribution is 2.52. The van der Waals surface area contributed by atoms with E-state index in [-0.39, 0.29) is 11.5 Å². The van der Waals surface area contributed by atoms with Gasteiger partial charge in [0.25, 0.3) is 0 Å². The summed E-state index contributed by atoms with van der Waals surface area (Å²) in [6.07, 6.45) is 5.74. The van der Waals surface area contributed by atoms with E-state index in [1.54, 1.807) is 0 Å². The third-order valence-corrected chi connectivity index (χ3v) is 5.01. The SMILES string of the molecule is Cc1cc(C)c(C(O)C2(CC(C)C)CCCC2)c(C)c1. The van der Waals surface area contributed by atoms with Crippen molar-refractivity contribution in [2.75, 3.05) is 0 Å². The van der Waals surface area contributed by atoms with Gasteiger partial charge in [-0.2, -0.15) is 0 Å². The Morgan fingerprint density at radius 2 is 1.55 bits per heavy atom. The summed E-state index contributed by atoms with van der Waals surface area (Å²) in [6, 6.07) is 4.42. The van der Waals surface area contributed by atoms with Crippen molar-refractivity contribution in [1.29, 1.82) is 0 Å². The van der Waals surface area contributed by atoms with Crippen LogP contribution in [0.4, 0.5) is 0 Å². The fourth-order valence-corrected chi connectivity index (χ4v) is 4.41. The van der Waals surface area contributed by atoms with Crippen molar-refractivity contribution in [1.82, 2.24) is 0 Å². The molecule has 0 radical (unpaired) electrons. The Hall–Kier alpha value is -0.820. The molecule has 1 aliphatic carbocycles. The van der Waals surface area contributed by atoms with Crippen LogP contribution in [0.1, 0.15) is 74.3 Å². The molecule has 0 aromatic heterocycles. The van der Waals surface area contributed by atoms with Crippen molar-refractivity contribution in [3.05, 3.63) is 34.4 Å². The van der Waals surface area contributed by atoms with Gasteiger partial charge in [-0.05, 0) is 62.6 Å². The molecule has 112 valence electrons. The highest BCUT2D eigenvalue weighted by Gasteiger charge is 2.42. The van der Waals surface area contributed by atoms with Gasteiger partial charge >= 0.3 is 0 Å². The standard InChI is InChI=1S/C19H30O/c1-13(2)12-19(8-6-7-9-19)18(20)17-15(4)10-14(3)11-16(17)5/h10-11,13,18,20H,6-9,12H2,1-5H3. The lowest BCUT2D eigenvalue weighted by Gasteiger charge is -2.37. The molecule has 1 nitrogen and oxygen atoms in total. The van der Waals surface area contributed by atoms with Gasteiger partial charge in [-0.15, -0.1) is 0 Å². The van der Waals surface area contributed by atoms with E-state index < -0.39 is 0 Å². The molecule has 1 heteroatoms. The summed E-state index contributed by atoms with van der Waals surface area (Å²) in [5, 5.41) is 11.2. The summed E-state index contributed by atoms with van der Waals surface area (Å²) < 4.78 is 0. The van der Waals surface area contributed by atoms with Crippen molar-refractivity contribution in [2.45, 2.75) is 72.8 Å². The number of benzene rings is 1. The molecule has 1 saturated carbocycles. The molecule has 1 aliphatic rings. The lowest BCUT2D eigenvalue weighted by Crippen LogP contribution is -2.29. The van der Waals surface area contributed by atoms with Crippen LogP contribution in [-0.2, 0) is 0 Å². The predicted molar refractivity (Wildman–Crippen MR) is 86.0 cm³/mol. The van der Waals surface area contributed by atoms with Gasteiger partial charge in [-0.25, -0.2) is 0 Å². The van der Waals surface area contributed by atoms with E-state index in [1.165, 1.54) is 47.9 Å². The van der Waals surface area contributed by atoms with Crippen LogP contribution in [0, 0.1) is 32.1 Å². The molecule has 0 amide bonds. The van der Waals surface area contributed by atoms with Crippen LogP contribution >= 0.6 is 0 Å². The summed E-state index contributed by atoms with van der Waals surface area (Å²) >= 11 is 0. The van der Waals surface area contributed by atoms with Crippen LogP contribution in [0.15, 0.2) is 12.1 Å². The molecule has 20 heavy (non-hydrogen) atoms. The largest absolute Gasteiger partial charge is 0.388 e. The van der Waals surface area contributed by atoms with Crippen molar-refractivity contribution in [3.63, 3.8) is 0 Å². The molecule has 1 atom stereocenters. The smallest absolute Gasteiger partial charge is 0.0851 e. The Labute approximate surface area is 124 Å². The fourth-order valence-electron chi connectivity index (χ4n) is 4.41. The molecule has 1 N–H and O–H groups in total. The molecule has 0 saturated heterocycles. The lowest BCUT2D eigenvalue weighted by atomic mass is 9.70. The van der Waals surface area contributed by atoms with Gasteiger partial charge < -0.3 is 5.11 Å². The van der Waals surface area contributed by atoms with Crippen molar-refractivity contribution in [3.8, 4) is 0 Å². The van der Waals surface area contributed by atoms with Gasteiger partial charge in [0.15, 0.2) is 0 Å². The number of hydrogen-bond donors (Lipinski definition) is 1. The van der Waals surface area contributed by atoms with E-state index in [1.807, 2.05) is 0 Å². The van der Waals surface area contributed by atoms with Crippen LogP contribution in [0.5, 0.6) is 0 Å². The maximum Gasteiger partial charge on any atom is 0.0851 e. The monoisotopic (exact) mass is 274 g/mol. The maximum atomic E-state index is 11.2. The zero-order valence-corrected chi connectivity index (χ0v) is 13.8. The second kappa shape index (κ2) is 5.89. The molecular formula is C19H30O. The minimum absolute atomic E-state index is 0.110. The van der Waals surface area contributed by atoms with E-state index in [2.05, 4.69) is 46.8 Å². The fraction of sp³-hybridized carbons (Fsp3) is 0.684. The maximum absolute atomic E-state index is 11.2. The summed E-state index contributed by atoms with van der Waals surface area (Å²) in [5.41, 5.74) is 5.10. The van der Waals surface area contributed by atoms with E-state index >= 15 is 0 Å².